The fourth-order valence-electron chi connectivity index (χ4n) is 1.45. The van der Waals surface area contributed by atoms with E-state index in [1.54, 1.807) is 6.07 Å². The summed E-state index contributed by atoms with van der Waals surface area (Å²) in [7, 11) is 0. The Kier molecular flexibility index (Phi) is 4.26. The van der Waals surface area contributed by atoms with Gasteiger partial charge in [0.05, 0.1) is 29.3 Å². The molecule has 0 radical (unpaired) electrons. The van der Waals surface area contributed by atoms with E-state index >= 15 is 0 Å². The first-order chi connectivity index (χ1) is 9.56. The monoisotopic (exact) mass is 336 g/mol. The van der Waals surface area contributed by atoms with Crippen LogP contribution in [0.25, 0.3) is 0 Å². The zero-order valence-corrected chi connectivity index (χ0v) is 11.6. The highest BCUT2D eigenvalue weighted by Gasteiger charge is 2.13. The fraction of sp³-hybridized carbons (Fsp3) is 0. The summed E-state index contributed by atoms with van der Waals surface area (Å²) in [5.41, 5.74) is 0.575. The Hall–Kier alpha value is -2.48. The van der Waals surface area contributed by atoms with E-state index < -0.39 is 12.0 Å². The molecule has 102 valence electrons. The maximum Gasteiger partial charge on any atom is 0.337 e. The van der Waals surface area contributed by atoms with E-state index in [0.29, 0.717) is 10.2 Å². The van der Waals surface area contributed by atoms with E-state index in [-0.39, 0.29) is 11.3 Å². The summed E-state index contributed by atoms with van der Waals surface area (Å²) >= 11 is 3.22. The molecule has 0 spiro atoms. The third-order valence-electron chi connectivity index (χ3n) is 2.28. The van der Waals surface area contributed by atoms with E-state index in [1.807, 2.05) is 0 Å². The summed E-state index contributed by atoms with van der Waals surface area (Å²) in [6, 6.07) is 3.90. The lowest BCUT2D eigenvalue weighted by molar-refractivity contribution is 0.0698. The van der Waals surface area contributed by atoms with E-state index in [9.17, 15) is 9.59 Å². The Balaban J connectivity index is 2.15. The number of hydrogen-bond acceptors (Lipinski definition) is 4. The number of urea groups is 1. The topological polar surface area (TPSA) is 104 Å². The molecule has 0 fully saturated rings. The summed E-state index contributed by atoms with van der Waals surface area (Å²) in [6.07, 6.45) is 4.18. The Morgan fingerprint density at radius 2 is 1.85 bits per heavy atom. The number of aromatic nitrogens is 2. The van der Waals surface area contributed by atoms with Gasteiger partial charge in [0.25, 0.3) is 0 Å². The van der Waals surface area contributed by atoms with Crippen molar-refractivity contribution >= 4 is 39.3 Å². The minimum atomic E-state index is -1.13. The Morgan fingerprint density at radius 3 is 2.50 bits per heavy atom. The molecule has 0 aliphatic heterocycles. The molecule has 0 saturated carbocycles. The number of carbonyl (C=O) groups is 2. The van der Waals surface area contributed by atoms with Crippen LogP contribution in [0.1, 0.15) is 10.4 Å². The molecule has 1 aromatic heterocycles. The average molecular weight is 337 g/mol. The largest absolute Gasteiger partial charge is 0.478 e. The summed E-state index contributed by atoms with van der Waals surface area (Å²) in [6.45, 7) is 0. The van der Waals surface area contributed by atoms with Gasteiger partial charge in [-0.15, -0.1) is 0 Å². The second-order valence-corrected chi connectivity index (χ2v) is 4.62. The summed E-state index contributed by atoms with van der Waals surface area (Å²) < 4.78 is 0.654. The fourth-order valence-corrected chi connectivity index (χ4v) is 1.82. The number of nitrogens with zero attached hydrogens (tertiary/aromatic N) is 2. The molecule has 0 aliphatic rings. The Morgan fingerprint density at radius 1 is 1.15 bits per heavy atom. The van der Waals surface area contributed by atoms with Crippen LogP contribution in [-0.2, 0) is 0 Å². The smallest absolute Gasteiger partial charge is 0.337 e. The predicted octanol–water partition coefficient (Wildman–Crippen LogP) is 2.58. The Bertz CT molecular complexity index is 648. The number of rotatable bonds is 3. The first kappa shape index (κ1) is 13.9. The van der Waals surface area contributed by atoms with E-state index in [1.165, 1.54) is 30.9 Å². The van der Waals surface area contributed by atoms with Gasteiger partial charge in [-0.05, 0) is 18.2 Å². The molecule has 2 rings (SSSR count). The predicted molar refractivity (Wildman–Crippen MR) is 75.8 cm³/mol. The summed E-state index contributed by atoms with van der Waals surface area (Å²) in [4.78, 5) is 30.3. The molecule has 7 nitrogen and oxygen atoms in total. The number of carbonyl (C=O) groups excluding carboxylic acids is 1. The third kappa shape index (κ3) is 3.51. The maximum atomic E-state index is 11.8. The lowest BCUT2D eigenvalue weighted by atomic mass is 10.2. The normalized spacial score (nSPS) is 9.85. The van der Waals surface area contributed by atoms with Gasteiger partial charge in [-0.2, -0.15) is 0 Å². The van der Waals surface area contributed by atoms with Crippen molar-refractivity contribution in [2.75, 3.05) is 10.6 Å². The second-order valence-electron chi connectivity index (χ2n) is 3.70. The highest BCUT2D eigenvalue weighted by molar-refractivity contribution is 9.10. The molecule has 8 heteroatoms. The van der Waals surface area contributed by atoms with Gasteiger partial charge >= 0.3 is 12.0 Å². The molecule has 0 unspecified atom stereocenters. The minimum Gasteiger partial charge on any atom is -0.478 e. The van der Waals surface area contributed by atoms with Gasteiger partial charge in [-0.3, -0.25) is 0 Å². The number of carboxylic acids is 1. The molecule has 0 bridgehead atoms. The number of amides is 2. The van der Waals surface area contributed by atoms with Crippen LogP contribution in [0.5, 0.6) is 0 Å². The molecule has 20 heavy (non-hydrogen) atoms. The van der Waals surface area contributed by atoms with Crippen LogP contribution < -0.4 is 10.6 Å². The zero-order valence-electron chi connectivity index (χ0n) is 10.0. The standard InChI is InChI=1S/C12H9BrN4O3/c13-7-1-2-9(11(18)19)10(3-7)17-12(20)16-8-4-14-6-15-5-8/h1-6H,(H,18,19)(H2,16,17,20). The molecule has 1 heterocycles. The SMILES string of the molecule is O=C(Nc1cncnc1)Nc1cc(Br)ccc1C(=O)O. The van der Waals surface area contributed by atoms with Crippen molar-refractivity contribution in [1.82, 2.24) is 9.97 Å². The molecular formula is C12H9BrN4O3. The first-order valence-corrected chi connectivity index (χ1v) is 6.21. The molecular weight excluding hydrogens is 328 g/mol. The molecule has 3 N–H and O–H groups in total. The third-order valence-corrected chi connectivity index (χ3v) is 2.77. The van der Waals surface area contributed by atoms with Gasteiger partial charge in [-0.25, -0.2) is 19.6 Å². The molecule has 0 saturated heterocycles. The van der Waals surface area contributed by atoms with Crippen LogP contribution in [-0.4, -0.2) is 27.1 Å². The lowest BCUT2D eigenvalue weighted by Gasteiger charge is -2.10. The Labute approximate surface area is 122 Å². The van der Waals surface area contributed by atoms with Crippen molar-refractivity contribution in [1.29, 1.82) is 0 Å². The van der Waals surface area contributed by atoms with Crippen molar-refractivity contribution in [3.05, 3.63) is 47.0 Å². The highest BCUT2D eigenvalue weighted by Crippen LogP contribution is 2.21. The van der Waals surface area contributed by atoms with Gasteiger partial charge in [0.2, 0.25) is 0 Å². The van der Waals surface area contributed by atoms with E-state index in [4.69, 9.17) is 5.11 Å². The van der Waals surface area contributed by atoms with Crippen molar-refractivity contribution < 1.29 is 14.7 Å². The van der Waals surface area contributed by atoms with Crippen molar-refractivity contribution in [3.63, 3.8) is 0 Å². The number of anilines is 2. The van der Waals surface area contributed by atoms with Gasteiger partial charge < -0.3 is 15.7 Å². The molecule has 0 aliphatic carbocycles. The van der Waals surface area contributed by atoms with Crippen LogP contribution >= 0.6 is 15.9 Å². The maximum absolute atomic E-state index is 11.8. The highest BCUT2D eigenvalue weighted by atomic mass is 79.9. The van der Waals surface area contributed by atoms with Crippen LogP contribution in [0.2, 0.25) is 0 Å². The van der Waals surface area contributed by atoms with E-state index in [0.717, 1.165) is 0 Å². The number of benzene rings is 1. The zero-order chi connectivity index (χ0) is 14.5. The molecule has 2 aromatic rings. The number of nitrogens with one attached hydrogen (secondary N) is 2. The van der Waals surface area contributed by atoms with Crippen molar-refractivity contribution in [3.8, 4) is 0 Å². The summed E-state index contributed by atoms with van der Waals surface area (Å²) in [5.74, 6) is -1.13. The average Bonchev–Trinajstić information content (AvgIpc) is 2.39. The van der Waals surface area contributed by atoms with Gasteiger partial charge in [0, 0.05) is 4.47 Å². The minimum absolute atomic E-state index is 0.00679. The number of halogens is 1. The summed E-state index contributed by atoms with van der Waals surface area (Å²) in [5, 5.41) is 14.0. The van der Waals surface area contributed by atoms with Crippen molar-refractivity contribution in [2.45, 2.75) is 0 Å². The van der Waals surface area contributed by atoms with Crippen molar-refractivity contribution in [2.24, 2.45) is 0 Å². The quantitative estimate of drug-likeness (QED) is 0.799. The number of carboxylic acid groups (broad SMARTS) is 1. The van der Waals surface area contributed by atoms with Crippen LogP contribution in [0.15, 0.2) is 41.4 Å². The molecule has 1 aromatic carbocycles. The first-order valence-electron chi connectivity index (χ1n) is 5.42. The number of hydrogen-bond donors (Lipinski definition) is 3. The molecule has 2 amide bonds. The number of aromatic carboxylic acids is 1. The van der Waals surface area contributed by atoms with Gasteiger partial charge in [0.15, 0.2) is 0 Å². The molecule has 0 atom stereocenters. The van der Waals surface area contributed by atoms with Crippen LogP contribution in [0.4, 0.5) is 16.2 Å². The van der Waals surface area contributed by atoms with Crippen LogP contribution in [0, 0.1) is 0 Å². The second kappa shape index (κ2) is 6.11. The lowest BCUT2D eigenvalue weighted by Crippen LogP contribution is -2.21. The van der Waals surface area contributed by atoms with Crippen LogP contribution in [0.3, 0.4) is 0 Å². The van der Waals surface area contributed by atoms with E-state index in [2.05, 4.69) is 36.5 Å². The van der Waals surface area contributed by atoms with Gasteiger partial charge in [-0.1, -0.05) is 15.9 Å². The van der Waals surface area contributed by atoms with Gasteiger partial charge in [0.1, 0.15) is 6.33 Å².